The van der Waals surface area contributed by atoms with Crippen molar-refractivity contribution in [1.29, 1.82) is 0 Å². The van der Waals surface area contributed by atoms with Crippen molar-refractivity contribution < 1.29 is 28.9 Å². The van der Waals surface area contributed by atoms with E-state index < -0.39 is 18.5 Å². The van der Waals surface area contributed by atoms with Crippen LogP contribution in [0.1, 0.15) is 10.4 Å². The van der Waals surface area contributed by atoms with Gasteiger partial charge in [-0.05, 0) is 23.6 Å². The Labute approximate surface area is 166 Å². The lowest BCUT2D eigenvalue weighted by Crippen LogP contribution is -2.42. The monoisotopic (exact) mass is 393 g/mol. The highest BCUT2D eigenvalue weighted by atomic mass is 16.6. The van der Waals surface area contributed by atoms with Gasteiger partial charge in [-0.25, -0.2) is 4.79 Å². The summed E-state index contributed by atoms with van der Waals surface area (Å²) in [4.78, 5) is 24.3. The van der Waals surface area contributed by atoms with Crippen LogP contribution in [0.15, 0.2) is 60.7 Å². The van der Waals surface area contributed by atoms with Crippen molar-refractivity contribution in [3.63, 3.8) is 0 Å². The van der Waals surface area contributed by atoms with Crippen molar-refractivity contribution in [2.75, 3.05) is 19.8 Å². The molecule has 0 saturated heterocycles. The zero-order valence-corrected chi connectivity index (χ0v) is 15.5. The van der Waals surface area contributed by atoms with Gasteiger partial charge in [-0.3, -0.25) is 4.79 Å². The Kier molecular flexibility index (Phi) is 5.20. The van der Waals surface area contributed by atoms with Crippen LogP contribution in [0.5, 0.6) is 17.2 Å². The van der Waals surface area contributed by atoms with E-state index in [4.69, 9.17) is 14.2 Å². The minimum absolute atomic E-state index is 0.0112. The van der Waals surface area contributed by atoms with E-state index in [-0.39, 0.29) is 24.0 Å². The molecule has 0 aromatic heterocycles. The number of phenols is 1. The Morgan fingerprint density at radius 1 is 1.03 bits per heavy atom. The number of nitrogens with one attached hydrogen (secondary N) is 1. The van der Waals surface area contributed by atoms with E-state index in [1.807, 2.05) is 30.3 Å². The van der Waals surface area contributed by atoms with Gasteiger partial charge in [0, 0.05) is 5.39 Å². The molecule has 0 fully saturated rings. The molecule has 1 heterocycles. The summed E-state index contributed by atoms with van der Waals surface area (Å²) < 4.78 is 16.4. The van der Waals surface area contributed by atoms with E-state index in [0.29, 0.717) is 23.5 Å². The number of carbonyl (C=O) groups is 2. The number of esters is 1. The molecule has 0 radical (unpaired) electrons. The maximum Gasteiger partial charge on any atom is 0.342 e. The second-order valence-electron chi connectivity index (χ2n) is 6.56. The van der Waals surface area contributed by atoms with Crippen LogP contribution in [-0.2, 0) is 9.53 Å². The number of phenolic OH excluding ortho intramolecular Hbond substituents is 1. The van der Waals surface area contributed by atoms with E-state index in [0.717, 1.165) is 5.39 Å². The standard InChI is InChI=1S/C22H19NO6/c24-20(23-11-15-12-27-18-7-3-4-8-19(18)29-15)13-28-22(26)17-10-9-14-5-1-2-6-16(14)21(17)25/h1-10,15,25H,11-13H2,(H,23,24). The predicted octanol–water partition coefficient (Wildman–Crippen LogP) is 2.66. The first kappa shape index (κ1) is 18.6. The molecule has 7 heteroatoms. The van der Waals surface area contributed by atoms with E-state index in [2.05, 4.69) is 5.32 Å². The van der Waals surface area contributed by atoms with Gasteiger partial charge in [-0.2, -0.15) is 0 Å². The Hall–Kier alpha value is -3.74. The molecule has 1 aliphatic heterocycles. The second kappa shape index (κ2) is 8.10. The van der Waals surface area contributed by atoms with Crippen LogP contribution in [0.2, 0.25) is 0 Å². The second-order valence-corrected chi connectivity index (χ2v) is 6.56. The summed E-state index contributed by atoms with van der Waals surface area (Å²) in [5.41, 5.74) is 0.0112. The van der Waals surface area contributed by atoms with Crippen LogP contribution < -0.4 is 14.8 Å². The van der Waals surface area contributed by atoms with Gasteiger partial charge in [-0.15, -0.1) is 0 Å². The van der Waals surface area contributed by atoms with Crippen molar-refractivity contribution in [2.45, 2.75) is 6.10 Å². The third-order valence-corrected chi connectivity index (χ3v) is 4.55. The van der Waals surface area contributed by atoms with Crippen molar-refractivity contribution >= 4 is 22.6 Å². The van der Waals surface area contributed by atoms with E-state index in [1.165, 1.54) is 6.07 Å². The van der Waals surface area contributed by atoms with Crippen molar-refractivity contribution in [2.24, 2.45) is 0 Å². The fraction of sp³-hybridized carbons (Fsp3) is 0.182. The molecule has 1 atom stereocenters. The molecule has 0 aliphatic carbocycles. The number of amides is 1. The highest BCUT2D eigenvalue weighted by Gasteiger charge is 2.22. The number of para-hydroxylation sites is 2. The summed E-state index contributed by atoms with van der Waals surface area (Å²) in [7, 11) is 0. The molecule has 29 heavy (non-hydrogen) atoms. The Morgan fingerprint density at radius 2 is 1.79 bits per heavy atom. The molecule has 1 amide bonds. The van der Waals surface area contributed by atoms with Gasteiger partial charge in [0.1, 0.15) is 24.0 Å². The summed E-state index contributed by atoms with van der Waals surface area (Å²) in [5, 5.41) is 14.3. The molecule has 3 aromatic rings. The van der Waals surface area contributed by atoms with E-state index in [1.54, 1.807) is 24.3 Å². The van der Waals surface area contributed by atoms with Crippen LogP contribution in [0.4, 0.5) is 0 Å². The van der Waals surface area contributed by atoms with Gasteiger partial charge in [0.25, 0.3) is 5.91 Å². The zero-order valence-electron chi connectivity index (χ0n) is 15.5. The van der Waals surface area contributed by atoms with Crippen LogP contribution >= 0.6 is 0 Å². The van der Waals surface area contributed by atoms with Crippen LogP contribution in [0.3, 0.4) is 0 Å². The number of hydrogen-bond acceptors (Lipinski definition) is 6. The first-order chi connectivity index (χ1) is 14.1. The number of fused-ring (bicyclic) bond motifs is 2. The molecule has 0 spiro atoms. The number of aromatic hydroxyl groups is 1. The van der Waals surface area contributed by atoms with E-state index >= 15 is 0 Å². The van der Waals surface area contributed by atoms with Gasteiger partial charge in [0.05, 0.1) is 6.54 Å². The normalized spacial score (nSPS) is 15.0. The molecular weight excluding hydrogens is 374 g/mol. The number of carbonyl (C=O) groups excluding carboxylic acids is 2. The number of ether oxygens (including phenoxy) is 3. The molecule has 4 rings (SSSR count). The topological polar surface area (TPSA) is 94.1 Å². The number of benzene rings is 3. The van der Waals surface area contributed by atoms with Gasteiger partial charge in [0.2, 0.25) is 0 Å². The summed E-state index contributed by atoms with van der Waals surface area (Å²) in [6.45, 7) is 0.0588. The molecule has 0 bridgehead atoms. The molecule has 1 aliphatic rings. The lowest BCUT2D eigenvalue weighted by Gasteiger charge is -2.26. The number of hydrogen-bond donors (Lipinski definition) is 2. The first-order valence-corrected chi connectivity index (χ1v) is 9.15. The average molecular weight is 393 g/mol. The van der Waals surface area contributed by atoms with Crippen molar-refractivity contribution in [3.05, 3.63) is 66.2 Å². The Morgan fingerprint density at radius 3 is 2.66 bits per heavy atom. The lowest BCUT2D eigenvalue weighted by molar-refractivity contribution is -0.124. The largest absolute Gasteiger partial charge is 0.506 e. The molecule has 0 saturated carbocycles. The highest BCUT2D eigenvalue weighted by molar-refractivity contribution is 6.01. The third-order valence-electron chi connectivity index (χ3n) is 4.55. The van der Waals surface area contributed by atoms with Crippen LogP contribution in [0.25, 0.3) is 10.8 Å². The molecule has 1 unspecified atom stereocenters. The number of rotatable bonds is 5. The zero-order chi connectivity index (χ0) is 20.2. The average Bonchev–Trinajstić information content (AvgIpc) is 2.76. The smallest absolute Gasteiger partial charge is 0.342 e. The van der Waals surface area contributed by atoms with Crippen LogP contribution in [-0.4, -0.2) is 42.8 Å². The van der Waals surface area contributed by atoms with Gasteiger partial charge in [0.15, 0.2) is 18.1 Å². The summed E-state index contributed by atoms with van der Waals surface area (Å²) in [6, 6.07) is 17.6. The van der Waals surface area contributed by atoms with Crippen LogP contribution in [0, 0.1) is 0 Å². The summed E-state index contributed by atoms with van der Waals surface area (Å²) >= 11 is 0. The molecule has 7 nitrogen and oxygen atoms in total. The van der Waals surface area contributed by atoms with E-state index in [9.17, 15) is 14.7 Å². The molecular formula is C22H19NO6. The molecule has 3 aromatic carbocycles. The Balaban J connectivity index is 1.29. The van der Waals surface area contributed by atoms with Crippen molar-refractivity contribution in [3.8, 4) is 17.2 Å². The maximum atomic E-state index is 12.2. The third kappa shape index (κ3) is 4.08. The summed E-state index contributed by atoms with van der Waals surface area (Å²) in [5.74, 6) is -0.119. The predicted molar refractivity (Wildman–Crippen MR) is 105 cm³/mol. The summed E-state index contributed by atoms with van der Waals surface area (Å²) in [6.07, 6.45) is -0.339. The SMILES string of the molecule is O=C(COC(=O)c1ccc2ccccc2c1O)NCC1COc2ccccc2O1. The van der Waals surface area contributed by atoms with Gasteiger partial charge in [-0.1, -0.05) is 42.5 Å². The molecule has 148 valence electrons. The minimum atomic E-state index is -0.769. The molecule has 2 N–H and O–H groups in total. The lowest BCUT2D eigenvalue weighted by atomic mass is 10.1. The highest BCUT2D eigenvalue weighted by Crippen LogP contribution is 2.31. The Bertz CT molecular complexity index is 1060. The first-order valence-electron chi connectivity index (χ1n) is 9.15. The van der Waals surface area contributed by atoms with Crippen molar-refractivity contribution in [1.82, 2.24) is 5.32 Å². The van der Waals surface area contributed by atoms with Gasteiger partial charge >= 0.3 is 5.97 Å². The fourth-order valence-electron chi connectivity index (χ4n) is 3.07. The fourth-order valence-corrected chi connectivity index (χ4v) is 3.07. The van der Waals surface area contributed by atoms with Gasteiger partial charge < -0.3 is 24.6 Å². The maximum absolute atomic E-state index is 12.2. The quantitative estimate of drug-likeness (QED) is 0.648. The minimum Gasteiger partial charge on any atom is -0.506 e.